The number of rotatable bonds is 3. The minimum atomic E-state index is -0.0365. The predicted octanol–water partition coefficient (Wildman–Crippen LogP) is 2.74. The molecule has 6 nitrogen and oxygen atoms in total. The maximum Gasteiger partial charge on any atom is 0.321 e. The van der Waals surface area contributed by atoms with Crippen molar-refractivity contribution in [2.45, 2.75) is 38.6 Å². The lowest BCUT2D eigenvalue weighted by Gasteiger charge is -2.43. The van der Waals surface area contributed by atoms with E-state index in [4.69, 9.17) is 0 Å². The lowest BCUT2D eigenvalue weighted by atomic mass is 10.00. The molecule has 3 rings (SSSR count). The number of urea groups is 1. The summed E-state index contributed by atoms with van der Waals surface area (Å²) in [6.45, 7) is 5.56. The van der Waals surface area contributed by atoms with E-state index in [2.05, 4.69) is 15.5 Å². The van der Waals surface area contributed by atoms with E-state index in [0.29, 0.717) is 12.5 Å². The summed E-state index contributed by atoms with van der Waals surface area (Å²) in [7, 11) is 0. The minimum Gasteiger partial charge on any atom is -0.326 e. The summed E-state index contributed by atoms with van der Waals surface area (Å²) in [5, 5.41) is 5.76. The van der Waals surface area contributed by atoms with Crippen LogP contribution >= 0.6 is 0 Å². The van der Waals surface area contributed by atoms with E-state index in [0.717, 1.165) is 31.0 Å². The Bertz CT molecular complexity index is 587. The van der Waals surface area contributed by atoms with Gasteiger partial charge < -0.3 is 15.5 Å². The van der Waals surface area contributed by atoms with Gasteiger partial charge in [0.15, 0.2) is 0 Å². The Balaban J connectivity index is 1.53. The van der Waals surface area contributed by atoms with Gasteiger partial charge in [-0.05, 0) is 43.7 Å². The van der Waals surface area contributed by atoms with Gasteiger partial charge in [0.05, 0.1) is 0 Å². The largest absolute Gasteiger partial charge is 0.326 e. The number of fused-ring (bicyclic) bond motifs is 1. The molecule has 0 aliphatic carbocycles. The minimum absolute atomic E-state index is 0.0165. The van der Waals surface area contributed by atoms with Gasteiger partial charge in [-0.2, -0.15) is 0 Å². The maximum atomic E-state index is 12.5. The molecule has 2 aliphatic rings. The van der Waals surface area contributed by atoms with Crippen molar-refractivity contribution in [1.29, 1.82) is 0 Å². The third kappa shape index (κ3) is 4.06. The number of carbonyl (C=O) groups is 2. The Morgan fingerprint density at radius 1 is 1.04 bits per heavy atom. The van der Waals surface area contributed by atoms with Gasteiger partial charge in [0.2, 0.25) is 5.91 Å². The Morgan fingerprint density at radius 3 is 2.46 bits per heavy atom. The highest BCUT2D eigenvalue weighted by Crippen LogP contribution is 2.22. The number of benzene rings is 1. The molecule has 24 heavy (non-hydrogen) atoms. The van der Waals surface area contributed by atoms with Crippen molar-refractivity contribution < 1.29 is 9.59 Å². The Labute approximate surface area is 143 Å². The number of anilines is 2. The number of nitrogens with zero attached hydrogens (tertiary/aromatic N) is 2. The molecule has 2 aliphatic heterocycles. The number of piperazine rings is 1. The molecule has 0 spiro atoms. The van der Waals surface area contributed by atoms with Gasteiger partial charge in [-0.15, -0.1) is 0 Å². The highest BCUT2D eigenvalue weighted by Gasteiger charge is 2.30. The summed E-state index contributed by atoms with van der Waals surface area (Å²) >= 11 is 0. The average Bonchev–Trinajstić information content (AvgIpc) is 2.62. The summed E-state index contributed by atoms with van der Waals surface area (Å²) in [5.41, 5.74) is 1.50. The van der Waals surface area contributed by atoms with Crippen LogP contribution in [-0.2, 0) is 4.79 Å². The van der Waals surface area contributed by atoms with E-state index in [1.807, 2.05) is 36.1 Å². The van der Waals surface area contributed by atoms with E-state index in [-0.39, 0.29) is 11.9 Å². The third-order valence-corrected chi connectivity index (χ3v) is 4.87. The van der Waals surface area contributed by atoms with Gasteiger partial charge in [-0.1, -0.05) is 13.3 Å². The fourth-order valence-corrected chi connectivity index (χ4v) is 3.43. The molecule has 1 atom stereocenters. The van der Waals surface area contributed by atoms with Crippen LogP contribution in [0.15, 0.2) is 24.3 Å². The Morgan fingerprint density at radius 2 is 1.75 bits per heavy atom. The first-order chi connectivity index (χ1) is 11.7. The molecular formula is C18H26N4O2. The average molecular weight is 330 g/mol. The number of nitrogens with one attached hydrogen (secondary N) is 2. The number of amides is 3. The third-order valence-electron chi connectivity index (χ3n) is 4.87. The first-order valence-corrected chi connectivity index (χ1v) is 8.85. The second-order valence-corrected chi connectivity index (χ2v) is 6.54. The van der Waals surface area contributed by atoms with Crippen LogP contribution in [0.1, 0.15) is 32.6 Å². The lowest BCUT2D eigenvalue weighted by Crippen LogP contribution is -2.56. The maximum absolute atomic E-state index is 12.5. The van der Waals surface area contributed by atoms with Crippen LogP contribution in [0.25, 0.3) is 0 Å². The highest BCUT2D eigenvalue weighted by atomic mass is 16.2. The second kappa shape index (κ2) is 7.66. The van der Waals surface area contributed by atoms with Crippen molar-refractivity contribution in [1.82, 2.24) is 9.80 Å². The Hall–Kier alpha value is -2.08. The molecule has 0 radical (unpaired) electrons. The molecule has 2 saturated heterocycles. The SMILES string of the molecule is CCC(=O)Nc1ccc(NC(=O)N2CCN3CCCC[C@@H]3C2)cc1. The lowest BCUT2D eigenvalue weighted by molar-refractivity contribution is -0.115. The second-order valence-electron chi connectivity index (χ2n) is 6.54. The summed E-state index contributed by atoms with van der Waals surface area (Å²) in [6.07, 6.45) is 4.19. The zero-order chi connectivity index (χ0) is 16.9. The first kappa shape index (κ1) is 16.8. The summed E-state index contributed by atoms with van der Waals surface area (Å²) in [4.78, 5) is 28.3. The van der Waals surface area contributed by atoms with Gasteiger partial charge in [0.25, 0.3) is 0 Å². The molecule has 130 valence electrons. The topological polar surface area (TPSA) is 64.7 Å². The van der Waals surface area contributed by atoms with Crippen LogP contribution < -0.4 is 10.6 Å². The molecule has 6 heteroatoms. The van der Waals surface area contributed by atoms with Crippen LogP contribution in [0.2, 0.25) is 0 Å². The monoisotopic (exact) mass is 330 g/mol. The van der Waals surface area contributed by atoms with E-state index < -0.39 is 0 Å². The van der Waals surface area contributed by atoms with Gasteiger partial charge >= 0.3 is 6.03 Å². The van der Waals surface area contributed by atoms with Crippen molar-refractivity contribution in [2.75, 3.05) is 36.8 Å². The molecule has 1 aromatic rings. The molecule has 3 amide bonds. The van der Waals surface area contributed by atoms with E-state index in [9.17, 15) is 9.59 Å². The summed E-state index contributed by atoms with van der Waals surface area (Å²) < 4.78 is 0. The van der Waals surface area contributed by atoms with Crippen LogP contribution in [0.4, 0.5) is 16.2 Å². The molecule has 2 N–H and O–H groups in total. The first-order valence-electron chi connectivity index (χ1n) is 8.85. The van der Waals surface area contributed by atoms with Crippen molar-refractivity contribution in [3.05, 3.63) is 24.3 Å². The fourth-order valence-electron chi connectivity index (χ4n) is 3.43. The van der Waals surface area contributed by atoms with E-state index in [1.54, 1.807) is 0 Å². The molecule has 0 saturated carbocycles. The van der Waals surface area contributed by atoms with Gasteiger partial charge in [-0.25, -0.2) is 4.79 Å². The molecule has 2 fully saturated rings. The van der Waals surface area contributed by atoms with Crippen molar-refractivity contribution in [3.8, 4) is 0 Å². The summed E-state index contributed by atoms with van der Waals surface area (Å²) in [5.74, 6) is -0.0165. The highest BCUT2D eigenvalue weighted by molar-refractivity contribution is 5.92. The van der Waals surface area contributed by atoms with E-state index in [1.165, 1.54) is 25.8 Å². The fraction of sp³-hybridized carbons (Fsp3) is 0.556. The molecular weight excluding hydrogens is 304 g/mol. The smallest absolute Gasteiger partial charge is 0.321 e. The van der Waals surface area contributed by atoms with Crippen molar-refractivity contribution >= 4 is 23.3 Å². The molecule has 0 unspecified atom stereocenters. The van der Waals surface area contributed by atoms with Crippen LogP contribution in [0.5, 0.6) is 0 Å². The summed E-state index contributed by atoms with van der Waals surface area (Å²) in [6, 6.07) is 7.74. The molecule has 0 bridgehead atoms. The van der Waals surface area contributed by atoms with Gasteiger partial charge in [0, 0.05) is 43.5 Å². The number of hydrogen-bond acceptors (Lipinski definition) is 3. The number of piperidine rings is 1. The van der Waals surface area contributed by atoms with Gasteiger partial charge in [0.1, 0.15) is 0 Å². The van der Waals surface area contributed by atoms with Gasteiger partial charge in [-0.3, -0.25) is 9.69 Å². The van der Waals surface area contributed by atoms with Crippen molar-refractivity contribution in [3.63, 3.8) is 0 Å². The zero-order valence-corrected chi connectivity index (χ0v) is 14.3. The predicted molar refractivity (Wildman–Crippen MR) is 95.2 cm³/mol. The quantitative estimate of drug-likeness (QED) is 0.896. The molecule has 0 aromatic heterocycles. The Kier molecular flexibility index (Phi) is 5.35. The zero-order valence-electron chi connectivity index (χ0n) is 14.3. The molecule has 1 aromatic carbocycles. The van der Waals surface area contributed by atoms with Crippen LogP contribution in [0, 0.1) is 0 Å². The van der Waals surface area contributed by atoms with Crippen LogP contribution in [-0.4, -0.2) is 54.0 Å². The normalized spacial score (nSPS) is 21.0. The molecule has 2 heterocycles. The van der Waals surface area contributed by atoms with E-state index >= 15 is 0 Å². The van der Waals surface area contributed by atoms with Crippen molar-refractivity contribution in [2.24, 2.45) is 0 Å². The number of carbonyl (C=O) groups excluding carboxylic acids is 2. The standard InChI is InChI=1S/C18H26N4O2/c1-2-17(23)19-14-6-8-15(9-7-14)20-18(24)22-12-11-21-10-4-3-5-16(21)13-22/h6-9,16H,2-5,10-13H2,1H3,(H,19,23)(H,20,24)/t16-/m1/s1. The number of hydrogen-bond donors (Lipinski definition) is 2. The van der Waals surface area contributed by atoms with Crippen LogP contribution in [0.3, 0.4) is 0 Å².